The van der Waals surface area contributed by atoms with Gasteiger partial charge in [0.1, 0.15) is 0 Å². The first kappa shape index (κ1) is 47.2. The largest absolute Gasteiger partial charge is 0.529 e. The molecule has 0 aliphatic carbocycles. The van der Waals surface area contributed by atoms with E-state index in [0.717, 1.165) is 64.8 Å². The van der Waals surface area contributed by atoms with Crippen LogP contribution in [-0.2, 0) is 54.5 Å². The third kappa shape index (κ3) is 12.8. The van der Waals surface area contributed by atoms with Crippen LogP contribution in [0.2, 0.25) is 0 Å². The maximum absolute atomic E-state index is 13.3. The summed E-state index contributed by atoms with van der Waals surface area (Å²) in [6.07, 6.45) is 0. The fourth-order valence-electron chi connectivity index (χ4n) is 4.58. The van der Waals surface area contributed by atoms with Gasteiger partial charge < -0.3 is 28.7 Å². The predicted molar refractivity (Wildman–Crippen MR) is 202 cm³/mol. The first-order valence-electron chi connectivity index (χ1n) is 15.9. The molecule has 0 aliphatic heterocycles. The van der Waals surface area contributed by atoms with E-state index in [-0.39, 0.29) is 22.5 Å². The molecule has 4 rings (SSSR count). The molecule has 24 nitrogen and oxygen atoms in total. The molecule has 4 atom stereocenters. The number of amides is 2. The van der Waals surface area contributed by atoms with Gasteiger partial charge in [-0.25, -0.2) is 37.4 Å². The average molecular weight is 918 g/mol. The van der Waals surface area contributed by atoms with Crippen LogP contribution in [0.3, 0.4) is 0 Å². The molecule has 4 aromatic carbocycles. The average Bonchev–Trinajstić information content (AvgIpc) is 3.19. The highest BCUT2D eigenvalue weighted by Crippen LogP contribution is 2.46. The SMILES string of the molecule is COP(=O)(O)OC(=O)c1cc(NC(=O)c2ccc3cc(C(=O)Nc4cc(C(=O)OP(=O)(O)OC)cc(C(=O)OP(=O)(O)OC)c4)ccc3c2)cc(C(=O)OP(=O)(O)OC)c1. The molecule has 2 amide bonds. The molecule has 0 saturated heterocycles. The van der Waals surface area contributed by atoms with E-state index < -0.39 is 89.2 Å². The Kier molecular flexibility index (Phi) is 14.9. The number of rotatable bonds is 16. The summed E-state index contributed by atoms with van der Waals surface area (Å²) in [5.41, 5.74) is -3.07. The van der Waals surface area contributed by atoms with Gasteiger partial charge in [-0.1, -0.05) is 12.1 Å². The summed E-state index contributed by atoms with van der Waals surface area (Å²) in [4.78, 5) is 115. The van der Waals surface area contributed by atoms with Crippen molar-refractivity contribution in [3.05, 3.63) is 106 Å². The zero-order valence-corrected chi connectivity index (χ0v) is 34.4. The summed E-state index contributed by atoms with van der Waals surface area (Å²) in [6, 6.07) is 13.5. The van der Waals surface area contributed by atoms with Gasteiger partial charge in [-0.3, -0.25) is 47.3 Å². The van der Waals surface area contributed by atoms with E-state index in [4.69, 9.17) is 0 Å². The fraction of sp³-hybridized carbons (Fsp3) is 0.125. The van der Waals surface area contributed by atoms with Gasteiger partial charge in [-0.15, -0.1) is 0 Å². The van der Waals surface area contributed by atoms with Crippen LogP contribution < -0.4 is 10.6 Å². The van der Waals surface area contributed by atoms with Gasteiger partial charge >= 0.3 is 55.2 Å². The van der Waals surface area contributed by atoms with Gasteiger partial charge in [0, 0.05) is 50.9 Å². The van der Waals surface area contributed by atoms with Crippen LogP contribution in [0.1, 0.15) is 62.1 Å². The van der Waals surface area contributed by atoms with Crippen LogP contribution in [0.4, 0.5) is 11.4 Å². The first-order valence-corrected chi connectivity index (χ1v) is 21.8. The standard InChI is InChI=1S/C32H30N2O22P4/c1-49-57(41,42)53-29(37)21-11-22(30(38)54-58(43,44)50-2)14-25(13-21)33-27(35)19-7-5-18-10-20(8-6-17(18)9-19)28(36)34-26-15-23(31(39)55-59(45,46)51-3)12-24(16-26)32(40)56-60(47,48)52-4/h5-16H,1-4H3,(H,33,35)(H,34,36)(H,41,42)(H,43,44)(H,45,46)(H,47,48). The van der Waals surface area contributed by atoms with Crippen LogP contribution in [0.5, 0.6) is 0 Å². The minimum Gasteiger partial charge on any atom is -0.367 e. The van der Waals surface area contributed by atoms with Crippen LogP contribution in [-0.4, -0.2) is 83.7 Å². The number of nitrogens with one attached hydrogen (secondary N) is 2. The second-order valence-corrected chi connectivity index (χ2v) is 17.3. The summed E-state index contributed by atoms with van der Waals surface area (Å²) in [5, 5.41) is 5.55. The maximum Gasteiger partial charge on any atom is 0.529 e. The lowest BCUT2D eigenvalue weighted by atomic mass is 10.0. The van der Waals surface area contributed by atoms with E-state index in [0.29, 0.717) is 10.8 Å². The lowest BCUT2D eigenvalue weighted by Crippen LogP contribution is -2.15. The summed E-state index contributed by atoms with van der Waals surface area (Å²) in [6.45, 7) is 0. The summed E-state index contributed by atoms with van der Waals surface area (Å²) in [7, 11) is -16.5. The van der Waals surface area contributed by atoms with Crippen LogP contribution in [0.15, 0.2) is 72.8 Å². The summed E-state index contributed by atoms with van der Waals surface area (Å²) >= 11 is 0. The predicted octanol–water partition coefficient (Wildman–Crippen LogP) is 4.96. The van der Waals surface area contributed by atoms with E-state index in [1.807, 2.05) is 0 Å². The monoisotopic (exact) mass is 918 g/mol. The van der Waals surface area contributed by atoms with Gasteiger partial charge in [0.05, 0.1) is 22.3 Å². The van der Waals surface area contributed by atoms with Crippen molar-refractivity contribution in [1.29, 1.82) is 0 Å². The molecule has 0 aliphatic rings. The second-order valence-electron chi connectivity index (χ2n) is 11.4. The van der Waals surface area contributed by atoms with Gasteiger partial charge in [-0.2, -0.15) is 0 Å². The Balaban J connectivity index is 1.61. The molecule has 4 unspecified atom stereocenters. The summed E-state index contributed by atoms with van der Waals surface area (Å²) < 4.78 is 81.7. The van der Waals surface area contributed by atoms with Crippen molar-refractivity contribution >= 4 is 89.1 Å². The molecule has 320 valence electrons. The molecule has 60 heavy (non-hydrogen) atoms. The zero-order valence-electron chi connectivity index (χ0n) is 30.9. The molecule has 0 spiro atoms. The van der Waals surface area contributed by atoms with Crippen LogP contribution >= 0.6 is 31.3 Å². The fourth-order valence-corrected chi connectivity index (χ4v) is 6.14. The molecule has 28 heteroatoms. The first-order chi connectivity index (χ1) is 27.9. The Bertz CT molecular complexity index is 2320. The molecule has 0 bridgehead atoms. The lowest BCUT2D eigenvalue weighted by molar-refractivity contribution is 0.0637. The van der Waals surface area contributed by atoms with Crippen LogP contribution in [0, 0.1) is 0 Å². The number of phosphoric acid groups is 4. The van der Waals surface area contributed by atoms with E-state index in [1.165, 1.54) is 36.4 Å². The molecule has 6 N–H and O–H groups in total. The number of carbonyl (C=O) groups excluding carboxylic acids is 6. The van der Waals surface area contributed by atoms with Gasteiger partial charge in [0.25, 0.3) is 11.8 Å². The van der Waals surface area contributed by atoms with Gasteiger partial charge in [0.2, 0.25) is 0 Å². The molecule has 0 radical (unpaired) electrons. The Labute approximate surface area is 336 Å². The van der Waals surface area contributed by atoms with E-state index in [9.17, 15) is 66.6 Å². The number of phosphoric ester groups is 4. The van der Waals surface area contributed by atoms with E-state index >= 15 is 0 Å². The Morgan fingerprint density at radius 3 is 0.883 bits per heavy atom. The molecule has 0 heterocycles. The zero-order chi connectivity index (χ0) is 44.8. The minimum atomic E-state index is -4.90. The maximum atomic E-state index is 13.3. The van der Waals surface area contributed by atoms with Crippen molar-refractivity contribution in [2.45, 2.75) is 0 Å². The Morgan fingerprint density at radius 1 is 0.400 bits per heavy atom. The highest BCUT2D eigenvalue weighted by molar-refractivity contribution is 7.48. The van der Waals surface area contributed by atoms with Crippen molar-refractivity contribution in [2.75, 3.05) is 39.1 Å². The van der Waals surface area contributed by atoms with Crippen molar-refractivity contribution in [1.82, 2.24) is 0 Å². The quantitative estimate of drug-likeness (QED) is 0.0809. The topological polar surface area (TPSA) is 350 Å². The highest BCUT2D eigenvalue weighted by Gasteiger charge is 2.31. The van der Waals surface area contributed by atoms with E-state index in [2.05, 4.69) is 46.8 Å². The highest BCUT2D eigenvalue weighted by atomic mass is 31.2. The van der Waals surface area contributed by atoms with E-state index in [1.54, 1.807) is 0 Å². The third-order valence-electron chi connectivity index (χ3n) is 7.41. The summed E-state index contributed by atoms with van der Waals surface area (Å²) in [5.74, 6) is -7.72. The third-order valence-corrected chi connectivity index (χ3v) is 10.8. The molecular weight excluding hydrogens is 888 g/mol. The number of benzene rings is 4. The number of hydrogen-bond acceptors (Lipinski definition) is 18. The molecule has 0 saturated carbocycles. The van der Waals surface area contributed by atoms with Crippen molar-refractivity contribution in [3.8, 4) is 0 Å². The number of carbonyl (C=O) groups is 6. The smallest absolute Gasteiger partial charge is 0.367 e. The molecule has 4 aromatic rings. The Morgan fingerprint density at radius 2 is 0.650 bits per heavy atom. The second kappa shape index (κ2) is 18.9. The Hall–Kier alpha value is -5.44. The number of fused-ring (bicyclic) bond motifs is 1. The molecule has 0 aromatic heterocycles. The molecule has 0 fully saturated rings. The number of anilines is 2. The van der Waals surface area contributed by atoms with Crippen molar-refractivity contribution in [3.63, 3.8) is 0 Å². The van der Waals surface area contributed by atoms with Gasteiger partial charge in [0.15, 0.2) is 0 Å². The van der Waals surface area contributed by atoms with Crippen molar-refractivity contribution in [2.24, 2.45) is 0 Å². The minimum absolute atomic E-state index is 0.0276. The number of hydrogen-bond donors (Lipinski definition) is 6. The van der Waals surface area contributed by atoms with Crippen LogP contribution in [0.25, 0.3) is 10.8 Å². The normalized spacial score (nSPS) is 15.1. The van der Waals surface area contributed by atoms with Gasteiger partial charge in [-0.05, 0) is 71.4 Å². The van der Waals surface area contributed by atoms with Crippen molar-refractivity contribution < 1.29 is 103 Å². The molecular formula is C32H30N2O22P4. The lowest BCUT2D eigenvalue weighted by Gasteiger charge is -2.14.